The molecular weight excluding hydrogens is 722 g/mol. The molecule has 14 heteroatoms. The van der Waals surface area contributed by atoms with Crippen LogP contribution in [-0.2, 0) is 9.59 Å². The third kappa shape index (κ3) is 7.36. The summed E-state index contributed by atoms with van der Waals surface area (Å²) < 4.78 is 6.34. The topological polar surface area (TPSA) is 164 Å². The Kier molecular flexibility index (Phi) is 10.2. The molecular formula is C41H42ClN7O6. The number of nitrogens with one attached hydrogen (secondary N) is 3. The van der Waals surface area contributed by atoms with Crippen LogP contribution >= 0.6 is 11.6 Å². The smallest absolute Gasteiger partial charge is 0.262 e. The summed E-state index contributed by atoms with van der Waals surface area (Å²) in [7, 11) is 0. The van der Waals surface area contributed by atoms with E-state index in [1.165, 1.54) is 0 Å². The Morgan fingerprint density at radius 3 is 2.29 bits per heavy atom. The molecule has 3 atom stereocenters. The van der Waals surface area contributed by atoms with E-state index >= 15 is 0 Å². The van der Waals surface area contributed by atoms with Crippen LogP contribution in [0.3, 0.4) is 0 Å². The number of nitrogens with zero attached hydrogens (tertiary/aromatic N) is 4. The van der Waals surface area contributed by atoms with Gasteiger partial charge in [0, 0.05) is 86.6 Å². The van der Waals surface area contributed by atoms with Gasteiger partial charge in [0.1, 0.15) is 24.0 Å². The fourth-order valence-electron chi connectivity index (χ4n) is 8.74. The second-order valence-electron chi connectivity index (χ2n) is 15.0. The molecule has 2 bridgehead atoms. The lowest BCUT2D eigenvalue weighted by Crippen LogP contribution is -2.54. The summed E-state index contributed by atoms with van der Waals surface area (Å²) in [4.78, 5) is 68.9. The molecule has 55 heavy (non-hydrogen) atoms. The average molecular weight is 764 g/mol. The van der Waals surface area contributed by atoms with Crippen molar-refractivity contribution in [2.24, 2.45) is 11.8 Å². The number of likely N-dealkylation sites (tertiary alicyclic amines) is 1. The lowest BCUT2D eigenvalue weighted by atomic mass is 9.94. The van der Waals surface area contributed by atoms with Crippen molar-refractivity contribution in [2.45, 2.75) is 56.7 Å². The van der Waals surface area contributed by atoms with Crippen LogP contribution in [-0.4, -0.2) is 96.8 Å². The lowest BCUT2D eigenvalue weighted by molar-refractivity contribution is -0.136. The predicted octanol–water partition coefficient (Wildman–Crippen LogP) is 4.21. The van der Waals surface area contributed by atoms with E-state index in [-0.39, 0.29) is 42.3 Å². The van der Waals surface area contributed by atoms with Gasteiger partial charge in [-0.2, -0.15) is 5.26 Å². The van der Waals surface area contributed by atoms with E-state index in [0.29, 0.717) is 46.6 Å². The number of fused-ring (bicyclic) bond motifs is 3. The molecule has 284 valence electrons. The Bertz CT molecular complexity index is 2060. The summed E-state index contributed by atoms with van der Waals surface area (Å²) in [5.41, 5.74) is 3.47. The SMILES string of the molecule is N#Cc1ccc(OC2C3CCC2CN(C(=O)c2ccc(NCCNC4CCN(c5ccc6c(c5)C(=O)N(C5CCC(=O)NC5=O)C6=O)CC4)cc2)C3)cc1Cl. The van der Waals surface area contributed by atoms with Crippen LogP contribution in [0.4, 0.5) is 11.4 Å². The molecule has 3 aromatic carbocycles. The van der Waals surface area contributed by atoms with E-state index in [4.69, 9.17) is 21.6 Å². The highest BCUT2D eigenvalue weighted by Crippen LogP contribution is 2.40. The number of hydrogen-bond acceptors (Lipinski definition) is 10. The molecule has 0 spiro atoms. The molecule has 5 aliphatic rings. The van der Waals surface area contributed by atoms with Gasteiger partial charge >= 0.3 is 0 Å². The van der Waals surface area contributed by atoms with E-state index < -0.39 is 29.7 Å². The number of imide groups is 2. The number of hydrogen-bond donors (Lipinski definition) is 3. The van der Waals surface area contributed by atoms with E-state index in [1.54, 1.807) is 30.3 Å². The number of halogens is 1. The minimum atomic E-state index is -0.978. The highest BCUT2D eigenvalue weighted by Gasteiger charge is 2.46. The van der Waals surface area contributed by atoms with Gasteiger partial charge in [0.15, 0.2) is 0 Å². The molecule has 13 nitrogen and oxygen atoms in total. The maximum atomic E-state index is 13.5. The quantitative estimate of drug-likeness (QED) is 0.201. The molecule has 4 fully saturated rings. The molecule has 1 aliphatic carbocycles. The first-order chi connectivity index (χ1) is 26.7. The van der Waals surface area contributed by atoms with Crippen LogP contribution in [0.5, 0.6) is 5.75 Å². The molecule has 3 aromatic rings. The molecule has 5 amide bonds. The second-order valence-corrected chi connectivity index (χ2v) is 15.4. The number of piperidine rings is 3. The van der Waals surface area contributed by atoms with Gasteiger partial charge in [-0.25, -0.2) is 0 Å². The number of nitriles is 1. The van der Waals surface area contributed by atoms with E-state index in [0.717, 1.165) is 68.1 Å². The van der Waals surface area contributed by atoms with Gasteiger partial charge in [-0.3, -0.25) is 34.2 Å². The summed E-state index contributed by atoms with van der Waals surface area (Å²) >= 11 is 6.22. The third-order valence-corrected chi connectivity index (χ3v) is 12.0. The molecule has 8 rings (SSSR count). The van der Waals surface area contributed by atoms with Gasteiger partial charge in [-0.15, -0.1) is 0 Å². The van der Waals surface area contributed by atoms with Crippen molar-refractivity contribution in [3.05, 3.63) is 87.9 Å². The maximum Gasteiger partial charge on any atom is 0.262 e. The zero-order valence-electron chi connectivity index (χ0n) is 30.3. The number of benzene rings is 3. The summed E-state index contributed by atoms with van der Waals surface area (Å²) in [6.07, 6.45) is 4.08. The standard InChI is InChI=1S/C41H42ClN7O6/c42-34-20-31(9-5-25(34)21-43)55-37-26-1-2-27(37)23-48(22-26)39(52)24-3-6-28(7-4-24)44-15-16-45-29-13-17-47(18-14-29)30-8-10-32-33(19-30)41(54)49(40(32)53)35-11-12-36(50)46-38(35)51/h3-10,19-20,26-27,29,35,37,44-45H,1-2,11-18,22-23H2,(H,46,50,51). The minimum absolute atomic E-state index is 0.0205. The first kappa shape index (κ1) is 36.5. The van der Waals surface area contributed by atoms with Crippen molar-refractivity contribution < 1.29 is 28.7 Å². The normalized spacial score (nSPS) is 23.7. The Morgan fingerprint density at radius 1 is 0.873 bits per heavy atom. The summed E-state index contributed by atoms with van der Waals surface area (Å²) in [6.45, 7) is 4.36. The number of ether oxygens (including phenoxy) is 1. The largest absolute Gasteiger partial charge is 0.490 e. The molecule has 1 saturated carbocycles. The summed E-state index contributed by atoms with van der Waals surface area (Å²) in [5, 5.41) is 18.9. The number of carbonyl (C=O) groups excluding carboxylic acids is 5. The Morgan fingerprint density at radius 2 is 1.60 bits per heavy atom. The molecule has 4 heterocycles. The fraction of sp³-hybridized carbons (Fsp3) is 0.415. The monoisotopic (exact) mass is 763 g/mol. The van der Waals surface area contributed by atoms with Crippen molar-refractivity contribution in [3.8, 4) is 11.8 Å². The minimum Gasteiger partial charge on any atom is -0.490 e. The van der Waals surface area contributed by atoms with Crippen LogP contribution < -0.4 is 25.6 Å². The van der Waals surface area contributed by atoms with Crippen LogP contribution in [0.25, 0.3) is 0 Å². The highest BCUT2D eigenvalue weighted by atomic mass is 35.5. The first-order valence-electron chi connectivity index (χ1n) is 19.0. The average Bonchev–Trinajstić information content (AvgIpc) is 3.56. The van der Waals surface area contributed by atoms with Gasteiger partial charge in [0.2, 0.25) is 11.8 Å². The van der Waals surface area contributed by atoms with Gasteiger partial charge in [-0.05, 0) is 86.7 Å². The first-order valence-corrected chi connectivity index (χ1v) is 19.4. The van der Waals surface area contributed by atoms with Crippen LogP contribution in [0.15, 0.2) is 60.7 Å². The van der Waals surface area contributed by atoms with E-state index in [1.807, 2.05) is 35.2 Å². The zero-order valence-corrected chi connectivity index (χ0v) is 31.0. The van der Waals surface area contributed by atoms with Gasteiger partial charge in [-0.1, -0.05) is 11.6 Å². The van der Waals surface area contributed by atoms with E-state index in [9.17, 15) is 24.0 Å². The zero-order chi connectivity index (χ0) is 38.2. The van der Waals surface area contributed by atoms with Crippen molar-refractivity contribution in [2.75, 3.05) is 49.5 Å². The highest BCUT2D eigenvalue weighted by molar-refractivity contribution is 6.31. The van der Waals surface area contributed by atoms with Crippen molar-refractivity contribution in [3.63, 3.8) is 0 Å². The molecule has 0 radical (unpaired) electrons. The molecule has 4 aliphatic heterocycles. The molecule has 3 unspecified atom stereocenters. The predicted molar refractivity (Wildman–Crippen MR) is 204 cm³/mol. The maximum absolute atomic E-state index is 13.5. The van der Waals surface area contributed by atoms with Gasteiger partial charge in [0.25, 0.3) is 17.7 Å². The van der Waals surface area contributed by atoms with Gasteiger partial charge in [0.05, 0.1) is 21.7 Å². The Balaban J connectivity index is 0.765. The van der Waals surface area contributed by atoms with Crippen LogP contribution in [0.2, 0.25) is 5.02 Å². The summed E-state index contributed by atoms with van der Waals surface area (Å²) in [6, 6.07) is 19.5. The number of rotatable bonds is 10. The lowest BCUT2D eigenvalue weighted by Gasteiger charge is -2.38. The Hall–Kier alpha value is -5.45. The second kappa shape index (κ2) is 15.4. The summed E-state index contributed by atoms with van der Waals surface area (Å²) in [5.74, 6) is -0.829. The van der Waals surface area contributed by atoms with Crippen molar-refractivity contribution >= 4 is 52.5 Å². The van der Waals surface area contributed by atoms with Crippen molar-refractivity contribution in [1.82, 2.24) is 20.4 Å². The number of anilines is 2. The van der Waals surface area contributed by atoms with Crippen LogP contribution in [0, 0.1) is 23.2 Å². The van der Waals surface area contributed by atoms with Crippen molar-refractivity contribution in [1.29, 1.82) is 5.26 Å². The molecule has 0 aromatic heterocycles. The van der Waals surface area contributed by atoms with Gasteiger partial charge < -0.3 is 25.2 Å². The molecule has 3 N–H and O–H groups in total. The van der Waals surface area contributed by atoms with E-state index in [2.05, 4.69) is 26.9 Å². The Labute approximate surface area is 323 Å². The number of carbonyl (C=O) groups is 5. The third-order valence-electron chi connectivity index (χ3n) is 11.7. The fourth-order valence-corrected chi connectivity index (χ4v) is 8.95. The number of amides is 5. The van der Waals surface area contributed by atoms with Crippen LogP contribution in [0.1, 0.15) is 75.2 Å². The molecule has 3 saturated heterocycles.